The molecule has 1 aliphatic heterocycles. The molecule has 1 aliphatic rings. The van der Waals surface area contributed by atoms with Crippen molar-refractivity contribution >= 4 is 16.5 Å². The molecule has 0 saturated carbocycles. The Morgan fingerprint density at radius 3 is 2.81 bits per heavy atom. The Balaban J connectivity index is 1.90. The molecule has 1 aromatic heterocycles. The van der Waals surface area contributed by atoms with Crippen LogP contribution in [0.25, 0.3) is 0 Å². The van der Waals surface area contributed by atoms with Gasteiger partial charge in [-0.2, -0.15) is 0 Å². The average molecular weight is 240 g/mol. The van der Waals surface area contributed by atoms with E-state index in [0.29, 0.717) is 0 Å². The SMILES string of the molecule is CNc1nnc(CN2CCC(C)C(C)C2)s1. The van der Waals surface area contributed by atoms with Crippen LogP contribution in [-0.4, -0.2) is 35.2 Å². The Morgan fingerprint density at radius 2 is 2.19 bits per heavy atom. The number of likely N-dealkylation sites (tertiary alicyclic amines) is 1. The van der Waals surface area contributed by atoms with Gasteiger partial charge in [0.25, 0.3) is 0 Å². The van der Waals surface area contributed by atoms with Gasteiger partial charge in [-0.3, -0.25) is 4.90 Å². The Morgan fingerprint density at radius 1 is 1.38 bits per heavy atom. The second-order valence-electron chi connectivity index (χ2n) is 4.73. The van der Waals surface area contributed by atoms with E-state index < -0.39 is 0 Å². The molecule has 2 heterocycles. The molecule has 1 N–H and O–H groups in total. The van der Waals surface area contributed by atoms with E-state index in [9.17, 15) is 0 Å². The topological polar surface area (TPSA) is 41.1 Å². The Hall–Kier alpha value is -0.680. The quantitative estimate of drug-likeness (QED) is 0.878. The third-order valence-electron chi connectivity index (χ3n) is 3.46. The van der Waals surface area contributed by atoms with Gasteiger partial charge in [-0.25, -0.2) is 0 Å². The summed E-state index contributed by atoms with van der Waals surface area (Å²) in [7, 11) is 1.88. The van der Waals surface area contributed by atoms with E-state index in [1.165, 1.54) is 19.5 Å². The minimum absolute atomic E-state index is 0.797. The summed E-state index contributed by atoms with van der Waals surface area (Å²) in [5, 5.41) is 13.3. The van der Waals surface area contributed by atoms with E-state index in [1.54, 1.807) is 11.3 Å². The molecule has 1 saturated heterocycles. The summed E-state index contributed by atoms with van der Waals surface area (Å²) in [6.07, 6.45) is 1.30. The van der Waals surface area contributed by atoms with Gasteiger partial charge in [-0.1, -0.05) is 25.2 Å². The third-order valence-corrected chi connectivity index (χ3v) is 4.38. The number of nitrogens with one attached hydrogen (secondary N) is 1. The van der Waals surface area contributed by atoms with E-state index in [4.69, 9.17) is 0 Å². The van der Waals surface area contributed by atoms with Crippen LogP contribution in [0.4, 0.5) is 5.13 Å². The average Bonchev–Trinajstić information content (AvgIpc) is 2.71. The van der Waals surface area contributed by atoms with Crippen molar-refractivity contribution in [1.82, 2.24) is 15.1 Å². The van der Waals surface area contributed by atoms with Crippen molar-refractivity contribution < 1.29 is 0 Å². The molecule has 2 rings (SSSR count). The summed E-state index contributed by atoms with van der Waals surface area (Å²) in [6, 6.07) is 0. The van der Waals surface area contributed by atoms with E-state index in [1.807, 2.05) is 7.05 Å². The highest BCUT2D eigenvalue weighted by Gasteiger charge is 2.23. The number of hydrogen-bond acceptors (Lipinski definition) is 5. The van der Waals surface area contributed by atoms with Crippen LogP contribution >= 0.6 is 11.3 Å². The number of hydrogen-bond donors (Lipinski definition) is 1. The molecule has 1 aromatic rings. The van der Waals surface area contributed by atoms with Crippen LogP contribution in [0.15, 0.2) is 0 Å². The smallest absolute Gasteiger partial charge is 0.205 e. The first kappa shape index (κ1) is 11.8. The maximum absolute atomic E-state index is 4.19. The van der Waals surface area contributed by atoms with Gasteiger partial charge in [0.1, 0.15) is 5.01 Å². The molecule has 16 heavy (non-hydrogen) atoms. The van der Waals surface area contributed by atoms with E-state index >= 15 is 0 Å². The van der Waals surface area contributed by atoms with Crippen molar-refractivity contribution in [2.45, 2.75) is 26.8 Å². The monoisotopic (exact) mass is 240 g/mol. The van der Waals surface area contributed by atoms with Gasteiger partial charge in [0.2, 0.25) is 5.13 Å². The van der Waals surface area contributed by atoms with Gasteiger partial charge < -0.3 is 5.32 Å². The third kappa shape index (κ3) is 2.71. The number of piperidine rings is 1. The summed E-state index contributed by atoms with van der Waals surface area (Å²) in [5.41, 5.74) is 0. The van der Waals surface area contributed by atoms with Crippen LogP contribution in [0.2, 0.25) is 0 Å². The fraction of sp³-hybridized carbons (Fsp3) is 0.818. The molecule has 1 fully saturated rings. The lowest BCUT2D eigenvalue weighted by molar-refractivity contribution is 0.132. The summed E-state index contributed by atoms with van der Waals surface area (Å²) in [4.78, 5) is 2.49. The lowest BCUT2D eigenvalue weighted by atomic mass is 9.89. The van der Waals surface area contributed by atoms with E-state index in [0.717, 1.165) is 28.5 Å². The van der Waals surface area contributed by atoms with Gasteiger partial charge >= 0.3 is 0 Å². The highest BCUT2D eigenvalue weighted by molar-refractivity contribution is 7.15. The molecule has 0 spiro atoms. The summed E-state index contributed by atoms with van der Waals surface area (Å²) in [6.45, 7) is 8.04. The van der Waals surface area contributed by atoms with Gasteiger partial charge in [0, 0.05) is 13.6 Å². The highest BCUT2D eigenvalue weighted by Crippen LogP contribution is 2.24. The first-order chi connectivity index (χ1) is 7.69. The second-order valence-corrected chi connectivity index (χ2v) is 5.79. The van der Waals surface area contributed by atoms with Crippen LogP contribution < -0.4 is 5.32 Å². The number of anilines is 1. The molecule has 2 unspecified atom stereocenters. The molecule has 4 nitrogen and oxygen atoms in total. The fourth-order valence-corrected chi connectivity index (χ4v) is 2.84. The summed E-state index contributed by atoms with van der Waals surface area (Å²) < 4.78 is 0. The van der Waals surface area contributed by atoms with Crippen LogP contribution in [0, 0.1) is 11.8 Å². The molecular formula is C11H20N4S. The molecule has 0 aliphatic carbocycles. The molecule has 5 heteroatoms. The second kappa shape index (κ2) is 5.10. The maximum Gasteiger partial charge on any atom is 0.205 e. The molecule has 0 radical (unpaired) electrons. The molecule has 2 atom stereocenters. The Labute approximate surface area is 101 Å². The molecule has 0 bridgehead atoms. The van der Waals surface area contributed by atoms with Crippen LogP contribution in [0.1, 0.15) is 25.3 Å². The first-order valence-corrected chi connectivity index (χ1v) is 6.73. The zero-order valence-electron chi connectivity index (χ0n) is 10.2. The van der Waals surface area contributed by atoms with E-state index in [-0.39, 0.29) is 0 Å². The molecule has 90 valence electrons. The van der Waals surface area contributed by atoms with Crippen LogP contribution in [0.5, 0.6) is 0 Å². The van der Waals surface area contributed by atoms with Crippen LogP contribution in [-0.2, 0) is 6.54 Å². The largest absolute Gasteiger partial charge is 0.363 e. The van der Waals surface area contributed by atoms with Crippen molar-refractivity contribution in [2.75, 3.05) is 25.5 Å². The fourth-order valence-electron chi connectivity index (χ4n) is 2.10. The van der Waals surface area contributed by atoms with Gasteiger partial charge in [0.15, 0.2) is 0 Å². The first-order valence-electron chi connectivity index (χ1n) is 5.91. The number of rotatable bonds is 3. The predicted molar refractivity (Wildman–Crippen MR) is 67.7 cm³/mol. The minimum atomic E-state index is 0.797. The van der Waals surface area contributed by atoms with Gasteiger partial charge in [-0.05, 0) is 24.8 Å². The van der Waals surface area contributed by atoms with Crippen molar-refractivity contribution in [1.29, 1.82) is 0 Å². The van der Waals surface area contributed by atoms with Gasteiger partial charge in [0.05, 0.1) is 6.54 Å². The maximum atomic E-state index is 4.19. The van der Waals surface area contributed by atoms with Crippen molar-refractivity contribution in [3.05, 3.63) is 5.01 Å². The normalized spacial score (nSPS) is 26.9. The standard InChI is InChI=1S/C11H20N4S/c1-8-4-5-15(6-9(8)2)7-10-13-14-11(12-3)16-10/h8-9H,4-7H2,1-3H3,(H,12,14). The Kier molecular flexibility index (Phi) is 3.76. The van der Waals surface area contributed by atoms with Gasteiger partial charge in [-0.15, -0.1) is 10.2 Å². The molecule has 0 amide bonds. The Bertz CT molecular complexity index is 338. The summed E-state index contributed by atoms with van der Waals surface area (Å²) >= 11 is 1.65. The zero-order valence-corrected chi connectivity index (χ0v) is 11.0. The van der Waals surface area contributed by atoms with Crippen molar-refractivity contribution in [2.24, 2.45) is 11.8 Å². The lowest BCUT2D eigenvalue weighted by Gasteiger charge is -2.34. The minimum Gasteiger partial charge on any atom is -0.363 e. The zero-order chi connectivity index (χ0) is 11.5. The molecular weight excluding hydrogens is 220 g/mol. The number of nitrogens with zero attached hydrogens (tertiary/aromatic N) is 3. The van der Waals surface area contributed by atoms with Crippen molar-refractivity contribution in [3.8, 4) is 0 Å². The lowest BCUT2D eigenvalue weighted by Crippen LogP contribution is -2.37. The van der Waals surface area contributed by atoms with Crippen molar-refractivity contribution in [3.63, 3.8) is 0 Å². The highest BCUT2D eigenvalue weighted by atomic mass is 32.1. The van der Waals surface area contributed by atoms with E-state index in [2.05, 4.69) is 34.3 Å². The number of aromatic nitrogens is 2. The van der Waals surface area contributed by atoms with Crippen LogP contribution in [0.3, 0.4) is 0 Å². The summed E-state index contributed by atoms with van der Waals surface area (Å²) in [5.74, 6) is 1.66. The predicted octanol–water partition coefficient (Wildman–Crippen LogP) is 2.06. The molecule has 0 aromatic carbocycles.